The van der Waals surface area contributed by atoms with Crippen LogP contribution in [0.4, 0.5) is 0 Å². The van der Waals surface area contributed by atoms with Crippen LogP contribution in [0.1, 0.15) is 127 Å². The van der Waals surface area contributed by atoms with Crippen molar-refractivity contribution in [1.29, 1.82) is 0 Å². The van der Waals surface area contributed by atoms with Crippen LogP contribution in [0, 0.1) is 5.92 Å². The second-order valence-electron chi connectivity index (χ2n) is 10.4. The molecule has 34 heavy (non-hydrogen) atoms. The zero-order valence-corrected chi connectivity index (χ0v) is 21.7. The summed E-state index contributed by atoms with van der Waals surface area (Å²) in [6.45, 7) is 3.12. The minimum Gasteiger partial charge on any atom is -0.494 e. The summed E-state index contributed by atoms with van der Waals surface area (Å²) < 4.78 is 6.07. The molecule has 1 fully saturated rings. The Hall–Kier alpha value is -1.90. The van der Waals surface area contributed by atoms with E-state index < -0.39 is 0 Å². The molecule has 3 nitrogen and oxygen atoms in total. The molecule has 2 aromatic rings. The quantitative estimate of drug-likeness (QED) is 0.219. The molecule has 3 rings (SSSR count). The third-order valence-corrected chi connectivity index (χ3v) is 7.56. The largest absolute Gasteiger partial charge is 0.494 e. The summed E-state index contributed by atoms with van der Waals surface area (Å²) in [5.74, 6) is 3.42. The summed E-state index contributed by atoms with van der Waals surface area (Å²) in [5.41, 5.74) is 1.39. The fourth-order valence-corrected chi connectivity index (χ4v) is 5.43. The highest BCUT2D eigenvalue weighted by molar-refractivity contribution is 5.30. The van der Waals surface area contributed by atoms with Crippen molar-refractivity contribution in [3.63, 3.8) is 0 Å². The van der Waals surface area contributed by atoms with E-state index in [1.165, 1.54) is 108 Å². The molecule has 0 amide bonds. The predicted octanol–water partition coefficient (Wildman–Crippen LogP) is 9.07. The Balaban J connectivity index is 1.42. The minimum atomic E-state index is 0.475. The van der Waals surface area contributed by atoms with Crippen molar-refractivity contribution in [2.24, 2.45) is 5.92 Å². The second-order valence-corrected chi connectivity index (χ2v) is 10.4. The molecule has 0 saturated heterocycles. The molecule has 0 aliphatic heterocycles. The van der Waals surface area contributed by atoms with Gasteiger partial charge in [0.05, 0.1) is 6.61 Å². The molecule has 1 unspecified atom stereocenters. The highest BCUT2D eigenvalue weighted by atomic mass is 16.5. The van der Waals surface area contributed by atoms with Crippen molar-refractivity contribution >= 4 is 0 Å². The third kappa shape index (κ3) is 10.6. The summed E-state index contributed by atoms with van der Waals surface area (Å²) in [4.78, 5) is 8.99. The Morgan fingerprint density at radius 1 is 0.824 bits per heavy atom. The number of hydrogen-bond donors (Lipinski definition) is 0. The van der Waals surface area contributed by atoms with Crippen molar-refractivity contribution in [1.82, 2.24) is 9.97 Å². The number of ether oxygens (including phenoxy) is 1. The maximum absolute atomic E-state index is 6.07. The number of benzene rings is 1. The standard InChI is InChI=1S/C31H48N2O/c1-2-3-4-5-6-7-11-18-29(26-31-32-23-14-24-33-31)28-19-21-30(22-20-28)34-25-13-12-17-27-15-9-8-10-16-27/h14,19-24,27,29H,2-13,15-18,25-26H2,1H3. The van der Waals surface area contributed by atoms with Crippen molar-refractivity contribution < 1.29 is 4.74 Å². The number of unbranched alkanes of at least 4 members (excludes halogenated alkanes) is 7. The molecule has 1 saturated carbocycles. The average molecular weight is 465 g/mol. The fourth-order valence-electron chi connectivity index (χ4n) is 5.43. The summed E-state index contributed by atoms with van der Waals surface area (Å²) in [6.07, 6.45) is 26.4. The van der Waals surface area contributed by atoms with E-state index in [1.807, 2.05) is 18.5 Å². The molecule has 1 atom stereocenters. The Kier molecular flexibility index (Phi) is 13.1. The van der Waals surface area contributed by atoms with Gasteiger partial charge in [0.2, 0.25) is 0 Å². The Labute approximate surface area is 209 Å². The molecular formula is C31H48N2O. The van der Waals surface area contributed by atoms with Crippen LogP contribution in [-0.2, 0) is 6.42 Å². The number of hydrogen-bond acceptors (Lipinski definition) is 3. The summed E-state index contributed by atoms with van der Waals surface area (Å²) >= 11 is 0. The molecule has 3 heteroatoms. The molecule has 1 aliphatic rings. The number of rotatable bonds is 17. The maximum atomic E-state index is 6.07. The summed E-state index contributed by atoms with van der Waals surface area (Å²) in [7, 11) is 0. The Morgan fingerprint density at radius 3 is 2.26 bits per heavy atom. The number of nitrogens with zero attached hydrogens (tertiary/aromatic N) is 2. The third-order valence-electron chi connectivity index (χ3n) is 7.56. The van der Waals surface area contributed by atoms with Gasteiger partial charge in [-0.15, -0.1) is 0 Å². The highest BCUT2D eigenvalue weighted by Gasteiger charge is 2.15. The first kappa shape index (κ1) is 26.7. The molecule has 1 aromatic heterocycles. The van der Waals surface area contributed by atoms with Gasteiger partial charge in [-0.05, 0) is 54.9 Å². The first-order chi connectivity index (χ1) is 16.8. The smallest absolute Gasteiger partial charge is 0.128 e. The Bertz CT molecular complexity index is 740. The molecule has 0 spiro atoms. The number of aromatic nitrogens is 2. The molecule has 0 radical (unpaired) electrons. The topological polar surface area (TPSA) is 35.0 Å². The second kappa shape index (κ2) is 16.7. The van der Waals surface area contributed by atoms with E-state index in [4.69, 9.17) is 4.74 Å². The van der Waals surface area contributed by atoms with Crippen molar-refractivity contribution in [3.05, 3.63) is 54.1 Å². The van der Waals surface area contributed by atoms with E-state index in [0.29, 0.717) is 5.92 Å². The monoisotopic (exact) mass is 464 g/mol. The first-order valence-corrected chi connectivity index (χ1v) is 14.3. The van der Waals surface area contributed by atoms with Gasteiger partial charge in [-0.1, -0.05) is 103 Å². The van der Waals surface area contributed by atoms with Crippen molar-refractivity contribution in [2.45, 2.75) is 122 Å². The van der Waals surface area contributed by atoms with Crippen LogP contribution < -0.4 is 4.74 Å². The van der Waals surface area contributed by atoms with Gasteiger partial charge in [0, 0.05) is 18.8 Å². The van der Waals surface area contributed by atoms with Crippen LogP contribution in [0.15, 0.2) is 42.7 Å². The molecule has 0 bridgehead atoms. The minimum absolute atomic E-state index is 0.475. The van der Waals surface area contributed by atoms with E-state index in [9.17, 15) is 0 Å². The predicted molar refractivity (Wildman–Crippen MR) is 143 cm³/mol. The molecule has 0 N–H and O–H groups in total. The lowest BCUT2D eigenvalue weighted by Gasteiger charge is -2.21. The van der Waals surface area contributed by atoms with Crippen molar-refractivity contribution in [3.8, 4) is 5.75 Å². The normalized spacial score (nSPS) is 15.3. The van der Waals surface area contributed by atoms with E-state index in [2.05, 4.69) is 41.2 Å². The zero-order valence-electron chi connectivity index (χ0n) is 21.7. The van der Waals surface area contributed by atoms with Gasteiger partial charge in [0.1, 0.15) is 11.6 Å². The van der Waals surface area contributed by atoms with Crippen LogP contribution >= 0.6 is 0 Å². The highest BCUT2D eigenvalue weighted by Crippen LogP contribution is 2.29. The van der Waals surface area contributed by atoms with Gasteiger partial charge in [-0.25, -0.2) is 9.97 Å². The Morgan fingerprint density at radius 2 is 1.53 bits per heavy atom. The van der Waals surface area contributed by atoms with Gasteiger partial charge in [-0.3, -0.25) is 0 Å². The SMILES string of the molecule is CCCCCCCCCC(Cc1ncccn1)c1ccc(OCCCCC2CCCCC2)cc1. The van der Waals surface area contributed by atoms with Crippen LogP contribution in [0.2, 0.25) is 0 Å². The van der Waals surface area contributed by atoms with Crippen molar-refractivity contribution in [2.75, 3.05) is 6.61 Å². The lowest BCUT2D eigenvalue weighted by Crippen LogP contribution is -2.07. The van der Waals surface area contributed by atoms with Gasteiger partial charge < -0.3 is 4.74 Å². The van der Waals surface area contributed by atoms with Crippen LogP contribution in [0.3, 0.4) is 0 Å². The molecule has 1 aromatic carbocycles. The summed E-state index contributed by atoms with van der Waals surface area (Å²) in [6, 6.07) is 10.8. The van der Waals surface area contributed by atoms with E-state index >= 15 is 0 Å². The van der Waals surface area contributed by atoms with Gasteiger partial charge in [0.15, 0.2) is 0 Å². The van der Waals surface area contributed by atoms with E-state index in [0.717, 1.165) is 30.5 Å². The lowest BCUT2D eigenvalue weighted by molar-refractivity contribution is 0.283. The van der Waals surface area contributed by atoms with Gasteiger partial charge in [0.25, 0.3) is 0 Å². The summed E-state index contributed by atoms with van der Waals surface area (Å²) in [5, 5.41) is 0. The maximum Gasteiger partial charge on any atom is 0.128 e. The van der Waals surface area contributed by atoms with Crippen LogP contribution in [0.5, 0.6) is 5.75 Å². The van der Waals surface area contributed by atoms with E-state index in [1.54, 1.807) is 0 Å². The average Bonchev–Trinajstić information content (AvgIpc) is 2.89. The lowest BCUT2D eigenvalue weighted by atomic mass is 9.86. The fraction of sp³-hybridized carbons (Fsp3) is 0.677. The van der Waals surface area contributed by atoms with Crippen LogP contribution in [0.25, 0.3) is 0 Å². The zero-order chi connectivity index (χ0) is 23.7. The van der Waals surface area contributed by atoms with Gasteiger partial charge >= 0.3 is 0 Å². The molecule has 1 heterocycles. The molecule has 1 aliphatic carbocycles. The van der Waals surface area contributed by atoms with Crippen LogP contribution in [-0.4, -0.2) is 16.6 Å². The molecule has 188 valence electrons. The van der Waals surface area contributed by atoms with E-state index in [-0.39, 0.29) is 0 Å². The van der Waals surface area contributed by atoms with Gasteiger partial charge in [-0.2, -0.15) is 0 Å². The first-order valence-electron chi connectivity index (χ1n) is 14.3. The molecular weight excluding hydrogens is 416 g/mol.